The van der Waals surface area contributed by atoms with Gasteiger partial charge in [-0.2, -0.15) is 13.1 Å². The van der Waals surface area contributed by atoms with E-state index in [9.17, 15) is 22.0 Å². The molecule has 3 rings (SSSR count). The molecule has 0 bridgehead atoms. The Morgan fingerprint density at radius 3 is 2.16 bits per heavy atom. The summed E-state index contributed by atoms with van der Waals surface area (Å²) in [5.41, 5.74) is 0.432. The molecule has 1 aliphatic rings. The van der Waals surface area contributed by atoms with E-state index in [1.807, 2.05) is 4.90 Å². The van der Waals surface area contributed by atoms with Crippen LogP contribution in [-0.2, 0) is 14.8 Å². The van der Waals surface area contributed by atoms with Crippen molar-refractivity contribution in [2.75, 3.05) is 38.0 Å². The Hall–Kier alpha value is -1.98. The molecule has 1 aliphatic heterocycles. The van der Waals surface area contributed by atoms with Gasteiger partial charge in [-0.25, -0.2) is 8.42 Å². The topological polar surface area (TPSA) is 79.0 Å². The summed E-state index contributed by atoms with van der Waals surface area (Å²) in [6.07, 6.45) is 0. The lowest BCUT2D eigenvalue weighted by Gasteiger charge is -2.33. The van der Waals surface area contributed by atoms with Crippen LogP contribution in [0.25, 0.3) is 0 Å². The Bertz CT molecular complexity index is 1010. The average molecular weight is 494 g/mol. The molecule has 0 aromatic heterocycles. The normalized spacial score (nSPS) is 15.8. The molecule has 1 N–H and O–H groups in total. The van der Waals surface area contributed by atoms with Gasteiger partial charge in [0, 0.05) is 31.9 Å². The lowest BCUT2D eigenvalue weighted by molar-refractivity contribution is -0.117. The number of anilines is 1. The molecule has 0 aliphatic carbocycles. The molecule has 1 saturated heterocycles. The highest BCUT2D eigenvalue weighted by atomic mass is 35.5. The minimum absolute atomic E-state index is 0.0102. The van der Waals surface area contributed by atoms with Gasteiger partial charge in [0.1, 0.15) is 10.6 Å². The largest absolute Gasteiger partial charge is 0.435 e. The van der Waals surface area contributed by atoms with E-state index in [-0.39, 0.29) is 46.2 Å². The first kappa shape index (κ1) is 23.7. The standard InChI is InChI=1S/C19H19Cl2F2N3O4S/c20-15-2-1-3-16(21)18(15)31(28,29)26-10-8-25(9-11-26)12-17(27)24-13-4-6-14(7-5-13)30-19(22)23/h1-7,19H,8-12H2,(H,24,27). The molecule has 31 heavy (non-hydrogen) atoms. The number of rotatable bonds is 7. The zero-order chi connectivity index (χ0) is 22.6. The van der Waals surface area contributed by atoms with Gasteiger partial charge >= 0.3 is 6.61 Å². The lowest BCUT2D eigenvalue weighted by Crippen LogP contribution is -2.50. The fraction of sp³-hybridized carbons (Fsp3) is 0.316. The Balaban J connectivity index is 1.53. The van der Waals surface area contributed by atoms with Gasteiger partial charge in [0.15, 0.2) is 0 Å². The molecule has 168 valence electrons. The van der Waals surface area contributed by atoms with Crippen molar-refractivity contribution in [1.29, 1.82) is 0 Å². The number of alkyl halides is 2. The van der Waals surface area contributed by atoms with Gasteiger partial charge in [-0.1, -0.05) is 29.3 Å². The van der Waals surface area contributed by atoms with Crippen LogP contribution in [0.2, 0.25) is 10.0 Å². The molecular weight excluding hydrogens is 475 g/mol. The predicted octanol–water partition coefficient (Wildman–Crippen LogP) is 3.54. The SMILES string of the molecule is O=C(CN1CCN(S(=O)(=O)c2c(Cl)cccc2Cl)CC1)Nc1ccc(OC(F)F)cc1. The van der Waals surface area contributed by atoms with Crippen molar-refractivity contribution in [2.24, 2.45) is 0 Å². The van der Waals surface area contributed by atoms with E-state index in [4.69, 9.17) is 23.2 Å². The number of ether oxygens (including phenoxy) is 1. The number of piperazine rings is 1. The van der Waals surface area contributed by atoms with Gasteiger partial charge in [0.05, 0.1) is 16.6 Å². The van der Waals surface area contributed by atoms with E-state index in [2.05, 4.69) is 10.1 Å². The minimum atomic E-state index is -3.86. The van der Waals surface area contributed by atoms with Crippen molar-refractivity contribution in [1.82, 2.24) is 9.21 Å². The number of nitrogens with one attached hydrogen (secondary N) is 1. The number of carbonyl (C=O) groups is 1. The number of nitrogens with zero attached hydrogens (tertiary/aromatic N) is 2. The number of carbonyl (C=O) groups excluding carboxylic acids is 1. The molecule has 7 nitrogen and oxygen atoms in total. The van der Waals surface area contributed by atoms with Gasteiger partial charge in [-0.05, 0) is 36.4 Å². The van der Waals surface area contributed by atoms with Crippen LogP contribution in [0.5, 0.6) is 5.75 Å². The van der Waals surface area contributed by atoms with Crippen LogP contribution < -0.4 is 10.1 Å². The number of amides is 1. The van der Waals surface area contributed by atoms with Gasteiger partial charge in [0.25, 0.3) is 0 Å². The van der Waals surface area contributed by atoms with E-state index in [1.165, 1.54) is 40.7 Å². The first-order valence-corrected chi connectivity index (χ1v) is 11.4. The molecular formula is C19H19Cl2F2N3O4S. The molecule has 0 unspecified atom stereocenters. The Kier molecular flexibility index (Phi) is 7.71. The summed E-state index contributed by atoms with van der Waals surface area (Å²) in [6, 6.07) is 10.1. The summed E-state index contributed by atoms with van der Waals surface area (Å²) in [7, 11) is -3.86. The first-order valence-electron chi connectivity index (χ1n) is 9.18. The maximum Gasteiger partial charge on any atom is 0.387 e. The second kappa shape index (κ2) is 10.1. The smallest absolute Gasteiger partial charge is 0.387 e. The highest BCUT2D eigenvalue weighted by molar-refractivity contribution is 7.89. The zero-order valence-corrected chi connectivity index (χ0v) is 18.4. The molecule has 12 heteroatoms. The number of hydrogen-bond acceptors (Lipinski definition) is 5. The average Bonchev–Trinajstić information content (AvgIpc) is 2.69. The summed E-state index contributed by atoms with van der Waals surface area (Å²) < 4.78 is 55.7. The third kappa shape index (κ3) is 6.05. The van der Waals surface area contributed by atoms with E-state index in [0.29, 0.717) is 18.8 Å². The fourth-order valence-electron chi connectivity index (χ4n) is 3.11. The second-order valence-electron chi connectivity index (χ2n) is 6.68. The summed E-state index contributed by atoms with van der Waals surface area (Å²) in [5, 5.41) is 2.77. The molecule has 0 saturated carbocycles. The van der Waals surface area contributed by atoms with Crippen molar-refractivity contribution in [3.8, 4) is 5.75 Å². The maximum atomic E-state index is 12.9. The molecule has 2 aromatic rings. The Morgan fingerprint density at radius 2 is 1.61 bits per heavy atom. The minimum Gasteiger partial charge on any atom is -0.435 e. The summed E-state index contributed by atoms with van der Waals surface area (Å²) in [6.45, 7) is -1.83. The molecule has 0 radical (unpaired) electrons. The van der Waals surface area contributed by atoms with E-state index in [1.54, 1.807) is 6.07 Å². The number of sulfonamides is 1. The van der Waals surface area contributed by atoms with Crippen LogP contribution in [0, 0.1) is 0 Å². The van der Waals surface area contributed by atoms with Gasteiger partial charge in [-0.3, -0.25) is 9.69 Å². The second-order valence-corrected chi connectivity index (χ2v) is 9.37. The van der Waals surface area contributed by atoms with E-state index < -0.39 is 16.6 Å². The Morgan fingerprint density at radius 1 is 1.03 bits per heavy atom. The third-order valence-electron chi connectivity index (χ3n) is 4.58. The van der Waals surface area contributed by atoms with Crippen molar-refractivity contribution in [3.63, 3.8) is 0 Å². The Labute approximate surface area is 188 Å². The van der Waals surface area contributed by atoms with Crippen molar-refractivity contribution in [2.45, 2.75) is 11.5 Å². The maximum absolute atomic E-state index is 12.9. The molecule has 1 heterocycles. The van der Waals surface area contributed by atoms with Crippen molar-refractivity contribution >= 4 is 44.8 Å². The number of halogens is 4. The lowest BCUT2D eigenvalue weighted by atomic mass is 10.3. The molecule has 1 amide bonds. The van der Waals surface area contributed by atoms with Crippen LogP contribution >= 0.6 is 23.2 Å². The monoisotopic (exact) mass is 493 g/mol. The molecule has 0 spiro atoms. The van der Waals surface area contributed by atoms with Crippen LogP contribution in [0.4, 0.5) is 14.5 Å². The summed E-state index contributed by atoms with van der Waals surface area (Å²) >= 11 is 12.1. The third-order valence-corrected chi connectivity index (χ3v) is 7.43. The number of benzene rings is 2. The van der Waals surface area contributed by atoms with Gasteiger partial charge < -0.3 is 10.1 Å². The highest BCUT2D eigenvalue weighted by Crippen LogP contribution is 2.31. The van der Waals surface area contributed by atoms with E-state index >= 15 is 0 Å². The molecule has 0 atom stereocenters. The fourth-order valence-corrected chi connectivity index (χ4v) is 5.62. The van der Waals surface area contributed by atoms with Crippen LogP contribution in [0.3, 0.4) is 0 Å². The number of hydrogen-bond donors (Lipinski definition) is 1. The molecule has 1 fully saturated rings. The molecule has 2 aromatic carbocycles. The van der Waals surface area contributed by atoms with E-state index in [0.717, 1.165) is 0 Å². The van der Waals surface area contributed by atoms with Crippen LogP contribution in [0.15, 0.2) is 47.4 Å². The summed E-state index contributed by atoms with van der Waals surface area (Å²) in [4.78, 5) is 13.9. The predicted molar refractivity (Wildman–Crippen MR) is 113 cm³/mol. The van der Waals surface area contributed by atoms with Gasteiger partial charge in [0.2, 0.25) is 15.9 Å². The van der Waals surface area contributed by atoms with Crippen molar-refractivity contribution in [3.05, 3.63) is 52.5 Å². The highest BCUT2D eigenvalue weighted by Gasteiger charge is 2.32. The van der Waals surface area contributed by atoms with Crippen LogP contribution in [0.1, 0.15) is 0 Å². The quantitative estimate of drug-likeness (QED) is 0.637. The first-order chi connectivity index (χ1) is 14.7. The van der Waals surface area contributed by atoms with Crippen molar-refractivity contribution < 1.29 is 26.7 Å². The summed E-state index contributed by atoms with van der Waals surface area (Å²) in [5.74, 6) is -0.322. The van der Waals surface area contributed by atoms with Crippen LogP contribution in [-0.4, -0.2) is 62.9 Å². The van der Waals surface area contributed by atoms with Gasteiger partial charge in [-0.15, -0.1) is 0 Å². The zero-order valence-electron chi connectivity index (χ0n) is 16.1.